The van der Waals surface area contributed by atoms with Crippen LogP contribution in [0.25, 0.3) is 0 Å². The van der Waals surface area contributed by atoms with E-state index in [1.807, 2.05) is 31.2 Å². The van der Waals surface area contributed by atoms with Crippen LogP contribution in [-0.2, 0) is 9.59 Å². The predicted octanol–water partition coefficient (Wildman–Crippen LogP) is 3.13. The van der Waals surface area contributed by atoms with Gasteiger partial charge in [-0.15, -0.1) is 0 Å². The van der Waals surface area contributed by atoms with E-state index < -0.39 is 5.97 Å². The van der Waals surface area contributed by atoms with Gasteiger partial charge < -0.3 is 10.4 Å². The Bertz CT molecular complexity index is 462. The molecule has 0 aliphatic carbocycles. The van der Waals surface area contributed by atoms with Gasteiger partial charge in [0.15, 0.2) is 0 Å². The maximum absolute atomic E-state index is 11.8. The molecule has 104 valence electrons. The first-order valence-electron chi connectivity index (χ1n) is 6.15. The van der Waals surface area contributed by atoms with Gasteiger partial charge in [-0.1, -0.05) is 35.0 Å². The highest BCUT2D eigenvalue weighted by molar-refractivity contribution is 9.10. The van der Waals surface area contributed by atoms with E-state index in [2.05, 4.69) is 21.2 Å². The number of carbonyl (C=O) groups is 2. The number of amides is 1. The van der Waals surface area contributed by atoms with Gasteiger partial charge in [-0.05, 0) is 30.5 Å². The zero-order valence-corrected chi connectivity index (χ0v) is 12.6. The minimum absolute atomic E-state index is 0.0126. The Morgan fingerprint density at radius 3 is 2.58 bits per heavy atom. The number of aliphatic carboxylic acids is 1. The zero-order chi connectivity index (χ0) is 14.4. The molecule has 4 nitrogen and oxygen atoms in total. The molecule has 2 N–H and O–H groups in total. The van der Waals surface area contributed by atoms with Crippen LogP contribution in [0.3, 0.4) is 0 Å². The van der Waals surface area contributed by atoms with Crippen molar-refractivity contribution >= 4 is 27.8 Å². The minimum Gasteiger partial charge on any atom is -0.481 e. The molecule has 5 heteroatoms. The highest BCUT2D eigenvalue weighted by Crippen LogP contribution is 2.18. The molecule has 0 bridgehead atoms. The summed E-state index contributed by atoms with van der Waals surface area (Å²) in [5.41, 5.74) is 1.01. The number of hydrogen-bond acceptors (Lipinski definition) is 2. The Morgan fingerprint density at radius 1 is 1.32 bits per heavy atom. The predicted molar refractivity (Wildman–Crippen MR) is 76.7 cm³/mol. The maximum Gasteiger partial charge on any atom is 0.303 e. The van der Waals surface area contributed by atoms with E-state index in [-0.39, 0.29) is 30.7 Å². The third-order valence-electron chi connectivity index (χ3n) is 2.78. The lowest BCUT2D eigenvalue weighted by molar-refractivity contribution is -0.138. The Morgan fingerprint density at radius 2 is 2.00 bits per heavy atom. The lowest BCUT2D eigenvalue weighted by Crippen LogP contribution is -2.28. The summed E-state index contributed by atoms with van der Waals surface area (Å²) in [5.74, 6) is -1.16. The van der Waals surface area contributed by atoms with E-state index in [4.69, 9.17) is 5.11 Å². The van der Waals surface area contributed by atoms with Gasteiger partial charge in [-0.3, -0.25) is 9.59 Å². The molecule has 19 heavy (non-hydrogen) atoms. The number of carbonyl (C=O) groups excluding carboxylic acids is 1. The number of benzene rings is 1. The Hall–Kier alpha value is -1.36. The van der Waals surface area contributed by atoms with Crippen LogP contribution < -0.4 is 5.32 Å². The number of nitrogens with one attached hydrogen (secondary N) is 1. The zero-order valence-electron chi connectivity index (χ0n) is 11.0. The van der Waals surface area contributed by atoms with Crippen LogP contribution in [0.1, 0.15) is 38.3 Å². The van der Waals surface area contributed by atoms with Gasteiger partial charge in [0.05, 0.1) is 6.04 Å². The van der Waals surface area contributed by atoms with E-state index in [1.165, 1.54) is 0 Å². The maximum atomic E-state index is 11.8. The van der Waals surface area contributed by atoms with Crippen molar-refractivity contribution in [1.29, 1.82) is 0 Å². The van der Waals surface area contributed by atoms with E-state index in [1.54, 1.807) is 6.92 Å². The van der Waals surface area contributed by atoms with Crippen molar-refractivity contribution in [2.45, 2.75) is 32.7 Å². The van der Waals surface area contributed by atoms with Gasteiger partial charge in [-0.2, -0.15) is 0 Å². The fourth-order valence-electron chi connectivity index (χ4n) is 1.85. The molecule has 0 aromatic heterocycles. The summed E-state index contributed by atoms with van der Waals surface area (Å²) in [6.45, 7) is 3.67. The number of carboxylic acid groups (broad SMARTS) is 1. The van der Waals surface area contributed by atoms with Crippen LogP contribution in [0, 0.1) is 5.92 Å². The van der Waals surface area contributed by atoms with Gasteiger partial charge in [0.1, 0.15) is 0 Å². The van der Waals surface area contributed by atoms with E-state index in [9.17, 15) is 9.59 Å². The summed E-state index contributed by atoms with van der Waals surface area (Å²) in [7, 11) is 0. The molecule has 0 radical (unpaired) electrons. The summed E-state index contributed by atoms with van der Waals surface area (Å²) in [6.07, 6.45) is 0.239. The van der Waals surface area contributed by atoms with Crippen LogP contribution in [-0.4, -0.2) is 17.0 Å². The second-order valence-electron chi connectivity index (χ2n) is 4.75. The molecule has 0 spiro atoms. The summed E-state index contributed by atoms with van der Waals surface area (Å²) in [5, 5.41) is 11.5. The topological polar surface area (TPSA) is 66.4 Å². The molecule has 0 saturated heterocycles. The first-order chi connectivity index (χ1) is 8.88. The van der Waals surface area contributed by atoms with E-state index in [0.717, 1.165) is 10.0 Å². The van der Waals surface area contributed by atoms with Gasteiger partial charge >= 0.3 is 5.97 Å². The monoisotopic (exact) mass is 327 g/mol. The summed E-state index contributed by atoms with van der Waals surface area (Å²) < 4.78 is 0.963. The molecule has 0 aliphatic heterocycles. The first-order valence-corrected chi connectivity index (χ1v) is 6.94. The molecule has 1 amide bonds. The van der Waals surface area contributed by atoms with Crippen LogP contribution >= 0.6 is 15.9 Å². The van der Waals surface area contributed by atoms with E-state index >= 15 is 0 Å². The van der Waals surface area contributed by atoms with Crippen molar-refractivity contribution in [3.63, 3.8) is 0 Å². The molecule has 0 aliphatic rings. The second kappa shape index (κ2) is 7.28. The molecule has 1 unspecified atom stereocenters. The Kier molecular flexibility index (Phi) is 6.02. The molecular weight excluding hydrogens is 310 g/mol. The van der Waals surface area contributed by atoms with Crippen molar-refractivity contribution in [2.24, 2.45) is 5.92 Å². The third-order valence-corrected chi connectivity index (χ3v) is 3.28. The van der Waals surface area contributed by atoms with E-state index in [0.29, 0.717) is 0 Å². The summed E-state index contributed by atoms with van der Waals surface area (Å²) >= 11 is 3.39. The third kappa shape index (κ3) is 5.87. The Labute approximate surface area is 121 Å². The van der Waals surface area contributed by atoms with Gasteiger partial charge in [-0.25, -0.2) is 0 Å². The van der Waals surface area contributed by atoms with Crippen LogP contribution in [0.5, 0.6) is 0 Å². The van der Waals surface area contributed by atoms with Crippen molar-refractivity contribution < 1.29 is 14.7 Å². The minimum atomic E-state index is -0.875. The fraction of sp³-hybridized carbons (Fsp3) is 0.429. The normalized spacial score (nSPS) is 13.6. The molecule has 1 aromatic rings. The standard InChI is InChI=1S/C14H18BrNO3/c1-9(7-14(18)19)6-13(17)16-10(2)11-4-3-5-12(15)8-11/h3-5,8-10H,6-7H2,1-2H3,(H,16,17)(H,18,19)/t9?,10-/m1/s1. The van der Waals surface area contributed by atoms with Crippen LogP contribution in [0.4, 0.5) is 0 Å². The Balaban J connectivity index is 2.50. The molecule has 1 aromatic carbocycles. The number of hydrogen-bond donors (Lipinski definition) is 2. The molecule has 1 rings (SSSR count). The van der Waals surface area contributed by atoms with Gasteiger partial charge in [0.2, 0.25) is 5.91 Å². The summed E-state index contributed by atoms with van der Waals surface area (Å²) in [4.78, 5) is 22.3. The van der Waals surface area contributed by atoms with Crippen molar-refractivity contribution in [1.82, 2.24) is 5.32 Å². The summed E-state index contributed by atoms with van der Waals surface area (Å²) in [6, 6.07) is 7.63. The molecule has 0 saturated carbocycles. The van der Waals surface area contributed by atoms with Crippen molar-refractivity contribution in [3.05, 3.63) is 34.3 Å². The SMILES string of the molecule is CC(CC(=O)O)CC(=O)N[C@H](C)c1cccc(Br)c1. The molecule has 0 heterocycles. The molecular formula is C14H18BrNO3. The van der Waals surface area contributed by atoms with Crippen LogP contribution in [0.15, 0.2) is 28.7 Å². The first kappa shape index (κ1) is 15.7. The highest BCUT2D eigenvalue weighted by Gasteiger charge is 2.15. The average Bonchev–Trinajstić information content (AvgIpc) is 2.27. The molecule has 0 fully saturated rings. The van der Waals surface area contributed by atoms with Gasteiger partial charge in [0, 0.05) is 17.3 Å². The highest BCUT2D eigenvalue weighted by atomic mass is 79.9. The van der Waals surface area contributed by atoms with Crippen LogP contribution in [0.2, 0.25) is 0 Å². The average molecular weight is 328 g/mol. The second-order valence-corrected chi connectivity index (χ2v) is 5.67. The lowest BCUT2D eigenvalue weighted by Gasteiger charge is -2.16. The lowest BCUT2D eigenvalue weighted by atomic mass is 10.0. The largest absolute Gasteiger partial charge is 0.481 e. The number of halogens is 1. The smallest absolute Gasteiger partial charge is 0.303 e. The quantitative estimate of drug-likeness (QED) is 0.843. The number of carboxylic acids is 1. The fourth-order valence-corrected chi connectivity index (χ4v) is 2.26. The van der Waals surface area contributed by atoms with Crippen molar-refractivity contribution in [2.75, 3.05) is 0 Å². The number of rotatable bonds is 6. The van der Waals surface area contributed by atoms with Gasteiger partial charge in [0.25, 0.3) is 0 Å². The molecule has 2 atom stereocenters. The van der Waals surface area contributed by atoms with Crippen molar-refractivity contribution in [3.8, 4) is 0 Å².